The average molecular weight is 427 g/mol. The van der Waals surface area contributed by atoms with Crippen molar-refractivity contribution in [2.24, 2.45) is 0 Å². The van der Waals surface area contributed by atoms with Crippen LogP contribution in [0.3, 0.4) is 0 Å². The van der Waals surface area contributed by atoms with Crippen LogP contribution in [-0.4, -0.2) is 18.9 Å². The van der Waals surface area contributed by atoms with E-state index in [1.54, 1.807) is 31.4 Å². The van der Waals surface area contributed by atoms with Crippen LogP contribution in [0.15, 0.2) is 66.4 Å². The third-order valence-electron chi connectivity index (χ3n) is 5.85. The van der Waals surface area contributed by atoms with E-state index in [1.807, 2.05) is 64.1 Å². The summed E-state index contributed by atoms with van der Waals surface area (Å²) >= 11 is 0. The monoisotopic (exact) mass is 426 g/mol. The molecule has 0 atom stereocenters. The molecule has 0 aromatic heterocycles. The highest BCUT2D eigenvalue weighted by atomic mass is 16.5. The lowest BCUT2D eigenvalue weighted by Crippen LogP contribution is -2.32. The Morgan fingerprint density at radius 2 is 1.47 bits per heavy atom. The Kier molecular flexibility index (Phi) is 5.57. The summed E-state index contributed by atoms with van der Waals surface area (Å²) in [4.78, 5) is 28.3. The molecule has 3 aromatic carbocycles. The fourth-order valence-corrected chi connectivity index (χ4v) is 3.86. The number of nitrogens with one attached hydrogen (secondary N) is 1. The zero-order valence-electron chi connectivity index (χ0n) is 18.9. The number of amides is 2. The van der Waals surface area contributed by atoms with Gasteiger partial charge in [-0.15, -0.1) is 0 Å². The lowest BCUT2D eigenvalue weighted by Gasteiger charge is -2.16. The van der Waals surface area contributed by atoms with Crippen molar-refractivity contribution in [1.82, 2.24) is 0 Å². The molecule has 0 unspecified atom stereocenters. The van der Waals surface area contributed by atoms with Crippen LogP contribution >= 0.6 is 0 Å². The Morgan fingerprint density at radius 1 is 0.750 bits per heavy atom. The minimum atomic E-state index is -0.381. The van der Waals surface area contributed by atoms with E-state index in [9.17, 15) is 9.59 Å². The third kappa shape index (κ3) is 3.78. The number of aryl methyl sites for hydroxylation is 4. The van der Waals surface area contributed by atoms with E-state index in [4.69, 9.17) is 4.74 Å². The van der Waals surface area contributed by atoms with Gasteiger partial charge in [0.25, 0.3) is 11.8 Å². The average Bonchev–Trinajstić information content (AvgIpc) is 3.01. The molecule has 5 heteroatoms. The summed E-state index contributed by atoms with van der Waals surface area (Å²) in [5, 5.41) is 3.26. The normalized spacial score (nSPS) is 13.7. The molecular weight excluding hydrogens is 400 g/mol. The first-order chi connectivity index (χ1) is 15.3. The van der Waals surface area contributed by atoms with E-state index in [1.165, 1.54) is 4.90 Å². The van der Waals surface area contributed by atoms with Gasteiger partial charge in [-0.25, -0.2) is 4.90 Å². The Bertz CT molecular complexity index is 1260. The molecule has 1 N–H and O–H groups in total. The number of hydrogen-bond donors (Lipinski definition) is 1. The number of hydrogen-bond acceptors (Lipinski definition) is 4. The quantitative estimate of drug-likeness (QED) is 0.561. The number of nitrogens with zero attached hydrogens (tertiary/aromatic N) is 1. The van der Waals surface area contributed by atoms with Crippen LogP contribution in [0.2, 0.25) is 0 Å². The van der Waals surface area contributed by atoms with Crippen LogP contribution in [0.5, 0.6) is 5.75 Å². The van der Waals surface area contributed by atoms with E-state index < -0.39 is 0 Å². The Hall–Kier alpha value is -3.86. The fourth-order valence-electron chi connectivity index (χ4n) is 3.86. The van der Waals surface area contributed by atoms with Crippen molar-refractivity contribution >= 4 is 28.8 Å². The van der Waals surface area contributed by atoms with Crippen LogP contribution in [0.1, 0.15) is 27.8 Å². The highest BCUT2D eigenvalue weighted by molar-refractivity contribution is 6.46. The standard InChI is InChI=1S/C27H26N2O3/c1-16-6-13-23(19(4)14-16)28-25-24(20-8-7-17(2)18(3)15-20)26(30)29(27(25)31)21-9-11-22(32-5)12-10-21/h6-15,28H,1-5H3. The predicted molar refractivity (Wildman–Crippen MR) is 128 cm³/mol. The smallest absolute Gasteiger partial charge is 0.282 e. The topological polar surface area (TPSA) is 58.6 Å². The number of carbonyl (C=O) groups is 2. The van der Waals surface area contributed by atoms with Gasteiger partial charge >= 0.3 is 0 Å². The van der Waals surface area contributed by atoms with Crippen molar-refractivity contribution in [3.8, 4) is 5.75 Å². The van der Waals surface area contributed by atoms with Crippen LogP contribution in [0.25, 0.3) is 5.57 Å². The van der Waals surface area contributed by atoms with Crippen molar-refractivity contribution in [3.05, 3.63) is 94.2 Å². The molecule has 5 nitrogen and oxygen atoms in total. The summed E-state index contributed by atoms with van der Waals surface area (Å²) in [6.45, 7) is 8.02. The molecule has 0 saturated carbocycles. The number of benzene rings is 3. The van der Waals surface area contributed by atoms with Gasteiger partial charge in [-0.2, -0.15) is 0 Å². The lowest BCUT2D eigenvalue weighted by molar-refractivity contribution is -0.120. The van der Waals surface area contributed by atoms with Crippen LogP contribution in [0.4, 0.5) is 11.4 Å². The number of ether oxygens (including phenoxy) is 1. The van der Waals surface area contributed by atoms with Gasteiger partial charge in [-0.3, -0.25) is 9.59 Å². The van der Waals surface area contributed by atoms with Crippen LogP contribution in [0, 0.1) is 27.7 Å². The molecule has 2 amide bonds. The minimum Gasteiger partial charge on any atom is -0.497 e. The third-order valence-corrected chi connectivity index (χ3v) is 5.85. The second-order valence-corrected chi connectivity index (χ2v) is 8.14. The molecule has 0 aliphatic carbocycles. The summed E-state index contributed by atoms with van der Waals surface area (Å²) in [5.74, 6) is -0.0760. The highest BCUT2D eigenvalue weighted by Gasteiger charge is 2.40. The van der Waals surface area contributed by atoms with Crippen molar-refractivity contribution in [2.45, 2.75) is 27.7 Å². The van der Waals surface area contributed by atoms with Gasteiger partial charge in [0, 0.05) is 5.69 Å². The number of carbonyl (C=O) groups excluding carboxylic acids is 2. The number of rotatable bonds is 5. The fraction of sp³-hybridized carbons (Fsp3) is 0.185. The number of methoxy groups -OCH3 is 1. The second kappa shape index (κ2) is 8.35. The Balaban J connectivity index is 1.83. The number of anilines is 2. The maximum Gasteiger partial charge on any atom is 0.282 e. The van der Waals surface area contributed by atoms with E-state index in [-0.39, 0.29) is 17.5 Å². The molecular formula is C27H26N2O3. The Morgan fingerprint density at radius 3 is 2.09 bits per heavy atom. The SMILES string of the molecule is COc1ccc(N2C(=O)C(Nc3ccc(C)cc3C)=C(c3ccc(C)c(C)c3)C2=O)cc1. The zero-order chi connectivity index (χ0) is 23.0. The molecule has 4 rings (SSSR count). The largest absolute Gasteiger partial charge is 0.497 e. The maximum absolute atomic E-state index is 13.6. The molecule has 1 aliphatic rings. The molecule has 162 valence electrons. The van der Waals surface area contributed by atoms with Crippen molar-refractivity contribution in [1.29, 1.82) is 0 Å². The zero-order valence-corrected chi connectivity index (χ0v) is 18.9. The minimum absolute atomic E-state index is 0.279. The molecule has 0 fully saturated rings. The van der Waals surface area contributed by atoms with E-state index in [0.29, 0.717) is 17.0 Å². The summed E-state index contributed by atoms with van der Waals surface area (Å²) in [5.41, 5.74) is 6.98. The van der Waals surface area contributed by atoms with E-state index in [2.05, 4.69) is 5.32 Å². The van der Waals surface area contributed by atoms with Crippen LogP contribution in [-0.2, 0) is 9.59 Å². The first-order valence-corrected chi connectivity index (χ1v) is 10.5. The molecule has 32 heavy (non-hydrogen) atoms. The molecule has 1 aliphatic heterocycles. The first kappa shape index (κ1) is 21.4. The first-order valence-electron chi connectivity index (χ1n) is 10.5. The molecule has 0 bridgehead atoms. The summed E-state index contributed by atoms with van der Waals surface area (Å²) in [6, 6.07) is 18.7. The summed E-state index contributed by atoms with van der Waals surface area (Å²) in [7, 11) is 1.58. The van der Waals surface area contributed by atoms with Gasteiger partial charge in [0.1, 0.15) is 11.4 Å². The number of imide groups is 1. The summed E-state index contributed by atoms with van der Waals surface area (Å²) < 4.78 is 5.21. The van der Waals surface area contributed by atoms with Crippen LogP contribution < -0.4 is 15.0 Å². The van der Waals surface area contributed by atoms with Gasteiger partial charge in [-0.05, 0) is 80.3 Å². The predicted octanol–water partition coefficient (Wildman–Crippen LogP) is 5.33. The Labute approximate surface area is 188 Å². The van der Waals surface area contributed by atoms with Crippen molar-refractivity contribution < 1.29 is 14.3 Å². The lowest BCUT2D eigenvalue weighted by atomic mass is 9.99. The van der Waals surface area contributed by atoms with Crippen molar-refractivity contribution in [2.75, 3.05) is 17.3 Å². The highest BCUT2D eigenvalue weighted by Crippen LogP contribution is 2.35. The molecule has 3 aromatic rings. The second-order valence-electron chi connectivity index (χ2n) is 8.14. The van der Waals surface area contributed by atoms with Crippen molar-refractivity contribution in [3.63, 3.8) is 0 Å². The van der Waals surface area contributed by atoms with Gasteiger partial charge in [0.2, 0.25) is 0 Å². The molecule has 0 saturated heterocycles. The maximum atomic E-state index is 13.6. The van der Waals surface area contributed by atoms with Gasteiger partial charge in [0.05, 0.1) is 18.4 Å². The van der Waals surface area contributed by atoms with E-state index >= 15 is 0 Å². The van der Waals surface area contributed by atoms with Gasteiger partial charge in [-0.1, -0.05) is 35.9 Å². The van der Waals surface area contributed by atoms with E-state index in [0.717, 1.165) is 33.5 Å². The molecule has 0 spiro atoms. The van der Waals surface area contributed by atoms with Gasteiger partial charge in [0.15, 0.2) is 0 Å². The molecule has 1 heterocycles. The summed E-state index contributed by atoms with van der Waals surface area (Å²) in [6.07, 6.45) is 0. The van der Waals surface area contributed by atoms with Gasteiger partial charge < -0.3 is 10.1 Å². The molecule has 0 radical (unpaired) electrons.